The highest BCUT2D eigenvalue weighted by atomic mass is 19.1. The number of nitrogens with zero attached hydrogens (tertiary/aromatic N) is 1. The van der Waals surface area contributed by atoms with Gasteiger partial charge in [0.1, 0.15) is 0 Å². The molecule has 0 saturated carbocycles. The Morgan fingerprint density at radius 3 is 3.10 bits per heavy atom. The van der Waals surface area contributed by atoms with Gasteiger partial charge in [0.2, 0.25) is 0 Å². The Hall–Kier alpha value is -0.150. The van der Waals surface area contributed by atoms with Crippen molar-refractivity contribution < 1.29 is 4.39 Å². The predicted octanol–water partition coefficient (Wildman–Crippen LogP) is 0.250. The van der Waals surface area contributed by atoms with Gasteiger partial charge < -0.3 is 10.2 Å². The van der Waals surface area contributed by atoms with E-state index in [2.05, 4.69) is 17.3 Å². The van der Waals surface area contributed by atoms with Crippen LogP contribution in [0.15, 0.2) is 0 Å². The Morgan fingerprint density at radius 2 is 2.50 bits per heavy atom. The lowest BCUT2D eigenvalue weighted by Crippen LogP contribution is -2.49. The molecule has 1 saturated heterocycles. The quantitative estimate of drug-likeness (QED) is 0.600. The van der Waals surface area contributed by atoms with Crippen molar-refractivity contribution in [3.8, 4) is 0 Å². The van der Waals surface area contributed by atoms with Crippen molar-refractivity contribution in [1.29, 1.82) is 0 Å². The van der Waals surface area contributed by atoms with Crippen LogP contribution in [0.2, 0.25) is 0 Å². The largest absolute Gasteiger partial charge is 0.314 e. The van der Waals surface area contributed by atoms with E-state index >= 15 is 0 Å². The van der Waals surface area contributed by atoms with Crippen molar-refractivity contribution in [1.82, 2.24) is 10.2 Å². The third-order valence-electron chi connectivity index (χ3n) is 2.09. The van der Waals surface area contributed by atoms with Gasteiger partial charge >= 0.3 is 0 Å². The van der Waals surface area contributed by atoms with Crippen molar-refractivity contribution in [2.75, 3.05) is 33.4 Å². The summed E-state index contributed by atoms with van der Waals surface area (Å²) >= 11 is 0. The van der Waals surface area contributed by atoms with Crippen molar-refractivity contribution in [2.45, 2.75) is 12.5 Å². The highest BCUT2D eigenvalue weighted by Crippen LogP contribution is 2.03. The van der Waals surface area contributed by atoms with Gasteiger partial charge in [0, 0.05) is 25.7 Å². The number of nitrogens with one attached hydrogen (secondary N) is 1. The molecule has 1 atom stereocenters. The van der Waals surface area contributed by atoms with Crippen molar-refractivity contribution in [2.24, 2.45) is 0 Å². The van der Waals surface area contributed by atoms with Crippen LogP contribution < -0.4 is 5.32 Å². The zero-order valence-electron chi connectivity index (χ0n) is 6.44. The molecule has 0 amide bonds. The second-order valence-corrected chi connectivity index (χ2v) is 2.82. The van der Waals surface area contributed by atoms with Gasteiger partial charge in [-0.2, -0.15) is 0 Å². The van der Waals surface area contributed by atoms with Crippen LogP contribution in [0.3, 0.4) is 0 Å². The van der Waals surface area contributed by atoms with E-state index in [1.54, 1.807) is 0 Å². The Labute approximate surface area is 61.4 Å². The molecule has 1 fully saturated rings. The normalized spacial score (nSPS) is 28.8. The van der Waals surface area contributed by atoms with E-state index in [-0.39, 0.29) is 6.67 Å². The van der Waals surface area contributed by atoms with Crippen LogP contribution >= 0.6 is 0 Å². The van der Waals surface area contributed by atoms with Gasteiger partial charge in [-0.05, 0) is 13.5 Å². The Morgan fingerprint density at radius 1 is 1.70 bits per heavy atom. The van der Waals surface area contributed by atoms with Crippen LogP contribution in [0.4, 0.5) is 4.39 Å². The molecule has 3 heteroatoms. The fourth-order valence-corrected chi connectivity index (χ4v) is 1.31. The van der Waals surface area contributed by atoms with Crippen LogP contribution in [0, 0.1) is 0 Å². The lowest BCUT2D eigenvalue weighted by Gasteiger charge is -2.32. The minimum atomic E-state index is -0.198. The van der Waals surface area contributed by atoms with Crippen molar-refractivity contribution >= 4 is 0 Å². The predicted molar refractivity (Wildman–Crippen MR) is 39.9 cm³/mol. The summed E-state index contributed by atoms with van der Waals surface area (Å²) in [6.07, 6.45) is 0.670. The summed E-state index contributed by atoms with van der Waals surface area (Å²) in [6.45, 7) is 2.83. The van der Waals surface area contributed by atoms with Gasteiger partial charge in [0.05, 0.1) is 6.67 Å². The van der Waals surface area contributed by atoms with Crippen LogP contribution in [-0.2, 0) is 0 Å². The van der Waals surface area contributed by atoms with E-state index in [1.165, 1.54) is 0 Å². The average molecular weight is 146 g/mol. The minimum Gasteiger partial charge on any atom is -0.314 e. The molecule has 0 radical (unpaired) electrons. The van der Waals surface area contributed by atoms with Gasteiger partial charge in [0.25, 0.3) is 0 Å². The molecule has 0 bridgehead atoms. The number of piperazine rings is 1. The lowest BCUT2D eigenvalue weighted by atomic mass is 10.1. The maximum atomic E-state index is 11.9. The summed E-state index contributed by atoms with van der Waals surface area (Å²) in [6, 6.07) is 0.416. The van der Waals surface area contributed by atoms with Crippen LogP contribution in [-0.4, -0.2) is 44.3 Å². The molecule has 10 heavy (non-hydrogen) atoms. The summed E-state index contributed by atoms with van der Waals surface area (Å²) < 4.78 is 11.9. The highest BCUT2D eigenvalue weighted by Gasteiger charge is 2.17. The van der Waals surface area contributed by atoms with Crippen LogP contribution in [0.1, 0.15) is 6.42 Å². The molecule has 1 aliphatic rings. The number of hydrogen-bond acceptors (Lipinski definition) is 2. The molecule has 1 aliphatic heterocycles. The molecular weight excluding hydrogens is 131 g/mol. The molecule has 1 rings (SSSR count). The maximum Gasteiger partial charge on any atom is 0.0909 e. The summed E-state index contributed by atoms with van der Waals surface area (Å²) in [7, 11) is 2.06. The Bertz CT molecular complexity index is 95.6. The first-order valence-corrected chi connectivity index (χ1v) is 3.81. The summed E-state index contributed by atoms with van der Waals surface area (Å²) in [5.41, 5.74) is 0. The third-order valence-corrected chi connectivity index (χ3v) is 2.09. The lowest BCUT2D eigenvalue weighted by molar-refractivity contribution is 0.180. The van der Waals surface area contributed by atoms with Crippen molar-refractivity contribution in [3.63, 3.8) is 0 Å². The van der Waals surface area contributed by atoms with E-state index in [9.17, 15) is 4.39 Å². The second kappa shape index (κ2) is 3.88. The fraction of sp³-hybridized carbons (Fsp3) is 1.00. The molecule has 0 aromatic rings. The first-order valence-electron chi connectivity index (χ1n) is 3.81. The van der Waals surface area contributed by atoms with Gasteiger partial charge in [-0.25, -0.2) is 0 Å². The van der Waals surface area contributed by atoms with E-state index in [0.29, 0.717) is 12.5 Å². The number of halogens is 1. The number of likely N-dealkylation sites (N-methyl/N-ethyl adjacent to an activating group) is 1. The Kier molecular flexibility index (Phi) is 3.09. The monoisotopic (exact) mass is 146 g/mol. The van der Waals surface area contributed by atoms with Gasteiger partial charge in [-0.15, -0.1) is 0 Å². The van der Waals surface area contributed by atoms with Crippen LogP contribution in [0.5, 0.6) is 0 Å². The SMILES string of the molecule is CN1CCNC[C@@H]1CCF. The van der Waals surface area contributed by atoms with E-state index in [4.69, 9.17) is 0 Å². The Balaban J connectivity index is 2.25. The maximum absolute atomic E-state index is 11.9. The topological polar surface area (TPSA) is 15.3 Å². The number of rotatable bonds is 2. The molecule has 2 nitrogen and oxygen atoms in total. The molecule has 0 aromatic carbocycles. The molecule has 0 spiro atoms. The third kappa shape index (κ3) is 1.92. The average Bonchev–Trinajstić information content (AvgIpc) is 1.94. The minimum absolute atomic E-state index is 0.198. The van der Waals surface area contributed by atoms with Gasteiger partial charge in [0.15, 0.2) is 0 Å². The molecule has 60 valence electrons. The van der Waals surface area contributed by atoms with E-state index < -0.39 is 0 Å². The highest BCUT2D eigenvalue weighted by molar-refractivity contribution is 4.76. The van der Waals surface area contributed by atoms with E-state index in [1.807, 2.05) is 0 Å². The first-order chi connectivity index (χ1) is 4.84. The number of alkyl halides is 1. The summed E-state index contributed by atoms with van der Waals surface area (Å²) in [4.78, 5) is 2.22. The smallest absolute Gasteiger partial charge is 0.0909 e. The zero-order chi connectivity index (χ0) is 7.40. The molecule has 0 aliphatic carbocycles. The fourth-order valence-electron chi connectivity index (χ4n) is 1.31. The summed E-state index contributed by atoms with van der Waals surface area (Å²) in [5, 5.41) is 3.24. The number of hydrogen-bond donors (Lipinski definition) is 1. The van der Waals surface area contributed by atoms with Crippen LogP contribution in [0.25, 0.3) is 0 Å². The molecule has 0 unspecified atom stereocenters. The second-order valence-electron chi connectivity index (χ2n) is 2.82. The first kappa shape index (κ1) is 7.95. The zero-order valence-corrected chi connectivity index (χ0v) is 6.44. The molecular formula is C7H15FN2. The standard InChI is InChI=1S/C7H15FN2/c1-10-5-4-9-6-7(10)2-3-8/h7,9H,2-6H2,1H3/t7-/m0/s1. The molecule has 1 N–H and O–H groups in total. The van der Waals surface area contributed by atoms with E-state index in [0.717, 1.165) is 19.6 Å². The molecule has 0 aromatic heterocycles. The van der Waals surface area contributed by atoms with Gasteiger partial charge in [-0.1, -0.05) is 0 Å². The summed E-state index contributed by atoms with van der Waals surface area (Å²) in [5.74, 6) is 0. The van der Waals surface area contributed by atoms with Gasteiger partial charge in [-0.3, -0.25) is 4.39 Å². The van der Waals surface area contributed by atoms with Crippen molar-refractivity contribution in [3.05, 3.63) is 0 Å². The molecule has 1 heterocycles.